The van der Waals surface area contributed by atoms with E-state index in [0.717, 1.165) is 18.7 Å². The minimum atomic E-state index is -0.584. The fourth-order valence-corrected chi connectivity index (χ4v) is 1.86. The van der Waals surface area contributed by atoms with Gasteiger partial charge in [0.25, 0.3) is 0 Å². The van der Waals surface area contributed by atoms with Crippen LogP contribution in [0.3, 0.4) is 0 Å². The minimum Gasteiger partial charge on any atom is -0.391 e. The van der Waals surface area contributed by atoms with E-state index in [4.69, 9.17) is 12.2 Å². The van der Waals surface area contributed by atoms with Crippen molar-refractivity contribution in [3.05, 3.63) is 10.6 Å². The molecule has 0 fully saturated rings. The van der Waals surface area contributed by atoms with Crippen LogP contribution < -0.4 is 5.32 Å². The lowest BCUT2D eigenvalue weighted by Crippen LogP contribution is -2.40. The third-order valence-corrected chi connectivity index (χ3v) is 3.42. The number of aromatic nitrogens is 3. The lowest BCUT2D eigenvalue weighted by Gasteiger charge is -2.25. The van der Waals surface area contributed by atoms with Gasteiger partial charge in [-0.1, -0.05) is 27.7 Å². The molecule has 20 heavy (non-hydrogen) atoms. The van der Waals surface area contributed by atoms with Crippen LogP contribution in [0.5, 0.6) is 0 Å². The van der Waals surface area contributed by atoms with Crippen LogP contribution in [0.15, 0.2) is 0 Å². The van der Waals surface area contributed by atoms with Crippen molar-refractivity contribution in [2.45, 2.75) is 53.2 Å². The van der Waals surface area contributed by atoms with Gasteiger partial charge in [0.15, 0.2) is 4.77 Å². The first-order valence-electron chi connectivity index (χ1n) is 6.84. The highest BCUT2D eigenvalue weighted by Gasteiger charge is 2.22. The molecule has 0 radical (unpaired) electrons. The molecular weight excluding hydrogens is 276 g/mol. The summed E-state index contributed by atoms with van der Waals surface area (Å²) in [4.78, 5) is 11.9. The van der Waals surface area contributed by atoms with E-state index < -0.39 is 6.10 Å². The van der Waals surface area contributed by atoms with Crippen molar-refractivity contribution in [3.8, 4) is 0 Å². The predicted octanol–water partition coefficient (Wildman–Crippen LogP) is 1.42. The first kappa shape index (κ1) is 16.8. The molecule has 0 aliphatic heterocycles. The molecule has 1 amide bonds. The van der Waals surface area contributed by atoms with Crippen LogP contribution in [0.4, 0.5) is 0 Å². The van der Waals surface area contributed by atoms with Gasteiger partial charge in [-0.15, -0.1) is 0 Å². The third kappa shape index (κ3) is 4.72. The van der Waals surface area contributed by atoms with Crippen molar-refractivity contribution in [1.82, 2.24) is 20.1 Å². The molecule has 3 N–H and O–H groups in total. The number of amides is 1. The lowest BCUT2D eigenvalue weighted by molar-refractivity contribution is -0.122. The molecule has 0 bridgehead atoms. The van der Waals surface area contributed by atoms with E-state index in [1.807, 2.05) is 27.7 Å². The van der Waals surface area contributed by atoms with Crippen molar-refractivity contribution in [3.63, 3.8) is 0 Å². The molecule has 0 aliphatic carbocycles. The summed E-state index contributed by atoms with van der Waals surface area (Å²) in [6.45, 7) is 8.18. The zero-order chi connectivity index (χ0) is 15.3. The summed E-state index contributed by atoms with van der Waals surface area (Å²) in [6, 6.07) is 0. The van der Waals surface area contributed by atoms with Crippen molar-refractivity contribution >= 4 is 18.1 Å². The molecule has 0 spiro atoms. The summed E-state index contributed by atoms with van der Waals surface area (Å²) in [7, 11) is 0. The molecule has 1 rings (SSSR count). The maximum atomic E-state index is 11.9. The van der Waals surface area contributed by atoms with Gasteiger partial charge in [-0.3, -0.25) is 14.5 Å². The number of H-pyrrole nitrogens is 1. The smallest absolute Gasteiger partial charge is 0.240 e. The molecule has 1 heterocycles. The largest absolute Gasteiger partial charge is 0.391 e. The van der Waals surface area contributed by atoms with E-state index in [2.05, 4.69) is 15.5 Å². The number of carbonyl (C=O) groups excluding carboxylic acids is 1. The Hall–Kier alpha value is -1.21. The number of hydrogen-bond donors (Lipinski definition) is 3. The van der Waals surface area contributed by atoms with Crippen LogP contribution in [-0.2, 0) is 17.8 Å². The van der Waals surface area contributed by atoms with Crippen LogP contribution in [0, 0.1) is 10.2 Å². The molecule has 7 heteroatoms. The Balaban J connectivity index is 2.59. The highest BCUT2D eigenvalue weighted by atomic mass is 32.1. The average Bonchev–Trinajstić information content (AvgIpc) is 2.68. The number of nitrogens with zero attached hydrogens (tertiary/aromatic N) is 2. The number of aromatic amines is 1. The number of rotatable bonds is 6. The quantitative estimate of drug-likeness (QED) is 0.694. The van der Waals surface area contributed by atoms with Gasteiger partial charge in [0, 0.05) is 13.0 Å². The lowest BCUT2D eigenvalue weighted by atomic mass is 9.89. The Bertz CT molecular complexity index is 501. The van der Waals surface area contributed by atoms with Crippen LogP contribution >= 0.6 is 12.2 Å². The molecule has 0 saturated heterocycles. The van der Waals surface area contributed by atoms with Gasteiger partial charge >= 0.3 is 0 Å². The second-order valence-corrected chi connectivity index (χ2v) is 6.35. The van der Waals surface area contributed by atoms with Crippen molar-refractivity contribution in [2.24, 2.45) is 5.41 Å². The summed E-state index contributed by atoms with van der Waals surface area (Å²) in [5, 5.41) is 19.4. The maximum absolute atomic E-state index is 11.9. The van der Waals surface area contributed by atoms with Crippen LogP contribution in [0.2, 0.25) is 0 Å². The van der Waals surface area contributed by atoms with E-state index in [0.29, 0.717) is 4.77 Å². The molecule has 0 aliphatic rings. The molecule has 1 aromatic heterocycles. The zero-order valence-electron chi connectivity index (χ0n) is 12.6. The molecule has 1 atom stereocenters. The fourth-order valence-electron chi connectivity index (χ4n) is 1.64. The first-order chi connectivity index (χ1) is 9.25. The number of nitrogens with one attached hydrogen (secondary N) is 2. The van der Waals surface area contributed by atoms with E-state index in [-0.39, 0.29) is 24.4 Å². The van der Waals surface area contributed by atoms with Crippen LogP contribution in [0.25, 0.3) is 0 Å². The molecule has 6 nitrogen and oxygen atoms in total. The van der Waals surface area contributed by atoms with Crippen molar-refractivity contribution in [2.75, 3.05) is 6.54 Å². The molecule has 0 unspecified atom stereocenters. The van der Waals surface area contributed by atoms with Crippen LogP contribution in [0.1, 0.15) is 39.9 Å². The third-order valence-electron chi connectivity index (χ3n) is 3.10. The number of aliphatic hydroxyl groups excluding tert-OH is 1. The highest BCUT2D eigenvalue weighted by molar-refractivity contribution is 7.71. The van der Waals surface area contributed by atoms with Gasteiger partial charge in [-0.05, 0) is 24.1 Å². The summed E-state index contributed by atoms with van der Waals surface area (Å²) >= 11 is 5.12. The summed E-state index contributed by atoms with van der Waals surface area (Å²) < 4.78 is 2.14. The van der Waals surface area contributed by atoms with E-state index >= 15 is 0 Å². The predicted molar refractivity (Wildman–Crippen MR) is 79.9 cm³/mol. The Morgan fingerprint density at radius 1 is 1.55 bits per heavy atom. The molecular formula is C13H24N4O2S. The number of aryl methyl sites for hydroxylation is 1. The second kappa shape index (κ2) is 6.99. The van der Waals surface area contributed by atoms with Gasteiger partial charge in [0.1, 0.15) is 12.4 Å². The van der Waals surface area contributed by atoms with Crippen molar-refractivity contribution < 1.29 is 9.90 Å². The molecule has 0 aromatic carbocycles. The Morgan fingerprint density at radius 3 is 2.75 bits per heavy atom. The van der Waals surface area contributed by atoms with Gasteiger partial charge < -0.3 is 10.4 Å². The van der Waals surface area contributed by atoms with Gasteiger partial charge in [-0.2, -0.15) is 5.10 Å². The SMILES string of the molecule is CCCc1n[nH]c(=S)n1CC(=O)NC[C@H](O)C(C)(C)C. The van der Waals surface area contributed by atoms with Gasteiger partial charge in [-0.25, -0.2) is 0 Å². The van der Waals surface area contributed by atoms with Gasteiger partial charge in [0.2, 0.25) is 5.91 Å². The molecule has 1 aromatic rings. The first-order valence-corrected chi connectivity index (χ1v) is 7.25. The van der Waals surface area contributed by atoms with E-state index in [1.54, 1.807) is 4.57 Å². The van der Waals surface area contributed by atoms with E-state index in [9.17, 15) is 9.90 Å². The van der Waals surface area contributed by atoms with E-state index in [1.165, 1.54) is 0 Å². The summed E-state index contributed by atoms with van der Waals surface area (Å²) in [5.41, 5.74) is -0.257. The maximum Gasteiger partial charge on any atom is 0.240 e. The van der Waals surface area contributed by atoms with Crippen molar-refractivity contribution in [1.29, 1.82) is 0 Å². The Kier molecular flexibility index (Phi) is 5.88. The monoisotopic (exact) mass is 300 g/mol. The Morgan fingerprint density at radius 2 is 2.20 bits per heavy atom. The fraction of sp³-hybridized carbons (Fsp3) is 0.769. The number of aliphatic hydroxyl groups is 1. The molecule has 114 valence electrons. The molecule has 0 saturated carbocycles. The second-order valence-electron chi connectivity index (χ2n) is 5.97. The average molecular weight is 300 g/mol. The minimum absolute atomic E-state index is 0.127. The summed E-state index contributed by atoms with van der Waals surface area (Å²) in [6.07, 6.45) is 1.12. The normalized spacial score (nSPS) is 13.2. The van der Waals surface area contributed by atoms with Gasteiger partial charge in [0.05, 0.1) is 6.10 Å². The zero-order valence-corrected chi connectivity index (χ0v) is 13.4. The number of carbonyl (C=O) groups is 1. The topological polar surface area (TPSA) is 82.9 Å². The number of hydrogen-bond acceptors (Lipinski definition) is 4. The van der Waals surface area contributed by atoms with Crippen LogP contribution in [-0.4, -0.2) is 38.4 Å². The Labute approximate surface area is 124 Å². The highest BCUT2D eigenvalue weighted by Crippen LogP contribution is 2.18. The standard InChI is InChI=1S/C13H24N4O2S/c1-5-6-10-15-16-12(20)17(10)8-11(19)14-7-9(18)13(2,3)4/h9,18H,5-8H2,1-4H3,(H,14,19)(H,16,20)/t9-/m0/s1. The summed E-state index contributed by atoms with van der Waals surface area (Å²) in [5.74, 6) is 0.604.